The lowest BCUT2D eigenvalue weighted by Gasteiger charge is -2.50. The second kappa shape index (κ2) is 6.66. The number of nitrogens with zero attached hydrogens (tertiary/aromatic N) is 3. The van der Waals surface area contributed by atoms with Crippen LogP contribution in [0.4, 0.5) is 8.78 Å². The first-order valence-electron chi connectivity index (χ1n) is 11.0. The second-order valence-corrected chi connectivity index (χ2v) is 8.88. The van der Waals surface area contributed by atoms with Gasteiger partial charge in [-0.15, -0.1) is 0 Å². The predicted molar refractivity (Wildman–Crippen MR) is 117 cm³/mol. The molecule has 6 rings (SSSR count). The van der Waals surface area contributed by atoms with Crippen molar-refractivity contribution >= 4 is 5.91 Å². The van der Waals surface area contributed by atoms with Crippen LogP contribution in [0.1, 0.15) is 39.7 Å². The minimum absolute atomic E-state index is 0.0487. The Balaban J connectivity index is 1.71. The summed E-state index contributed by atoms with van der Waals surface area (Å²) in [6, 6.07) is 11.6. The molecule has 0 saturated heterocycles. The highest BCUT2D eigenvalue weighted by Crippen LogP contribution is 2.56. The van der Waals surface area contributed by atoms with Crippen LogP contribution < -0.4 is 10.4 Å². The highest BCUT2D eigenvalue weighted by Gasteiger charge is 2.59. The van der Waals surface area contributed by atoms with Crippen LogP contribution in [-0.2, 0) is 18.4 Å². The minimum atomic E-state index is -0.929. The Bertz CT molecular complexity index is 1400. The first-order valence-corrected chi connectivity index (χ1v) is 11.0. The summed E-state index contributed by atoms with van der Waals surface area (Å²) in [5.41, 5.74) is 1.76. The zero-order valence-corrected chi connectivity index (χ0v) is 17.9. The SMILES string of the molecule is CCN1CN(C23c4ccccc4CC2Cc2cc(F)c(F)cc23)n2ccc(=O)c(O)c2C1=O. The molecule has 2 aromatic carbocycles. The first-order chi connectivity index (χ1) is 15.9. The first kappa shape index (κ1) is 20.0. The van der Waals surface area contributed by atoms with E-state index in [-0.39, 0.29) is 18.3 Å². The monoisotopic (exact) mass is 449 g/mol. The van der Waals surface area contributed by atoms with E-state index >= 15 is 0 Å². The summed E-state index contributed by atoms with van der Waals surface area (Å²) in [6.45, 7) is 2.33. The lowest BCUT2D eigenvalue weighted by atomic mass is 9.81. The Morgan fingerprint density at radius 3 is 2.55 bits per heavy atom. The van der Waals surface area contributed by atoms with Crippen molar-refractivity contribution in [2.24, 2.45) is 5.92 Å². The highest BCUT2D eigenvalue weighted by molar-refractivity contribution is 5.96. The van der Waals surface area contributed by atoms with Crippen molar-refractivity contribution in [3.05, 3.63) is 98.5 Å². The molecule has 3 aromatic rings. The number of hydrogen-bond acceptors (Lipinski definition) is 4. The number of carbonyl (C=O) groups is 1. The number of rotatable bonds is 2. The van der Waals surface area contributed by atoms with Gasteiger partial charge in [0.1, 0.15) is 12.2 Å². The molecule has 33 heavy (non-hydrogen) atoms. The Morgan fingerprint density at radius 2 is 1.76 bits per heavy atom. The average molecular weight is 449 g/mol. The summed E-state index contributed by atoms with van der Waals surface area (Å²) >= 11 is 0. The van der Waals surface area contributed by atoms with Gasteiger partial charge in [-0.1, -0.05) is 24.3 Å². The van der Waals surface area contributed by atoms with Crippen molar-refractivity contribution in [2.75, 3.05) is 18.2 Å². The van der Waals surface area contributed by atoms with E-state index in [1.54, 1.807) is 4.90 Å². The molecule has 2 aliphatic carbocycles. The smallest absolute Gasteiger partial charge is 0.277 e. The molecule has 6 nitrogen and oxygen atoms in total. The number of benzene rings is 2. The molecule has 1 aromatic heterocycles. The standard InChI is InChI=1S/C25H21F2N3O3/c1-2-28-13-30(29-8-7-21(31)23(32)22(29)24(28)33)25-16(9-14-5-3-4-6-17(14)25)10-15-11-19(26)20(27)12-18(15)25/h3-8,11-12,16,32H,2,9-10,13H2,1H3. The fraction of sp³-hybridized carbons (Fsp3) is 0.280. The molecule has 0 fully saturated rings. The lowest BCUT2D eigenvalue weighted by molar-refractivity contribution is 0.0658. The molecule has 1 amide bonds. The molecular formula is C25H21F2N3O3. The maximum absolute atomic E-state index is 14.6. The maximum Gasteiger partial charge on any atom is 0.277 e. The van der Waals surface area contributed by atoms with E-state index in [9.17, 15) is 23.5 Å². The number of amides is 1. The summed E-state index contributed by atoms with van der Waals surface area (Å²) < 4.78 is 30.3. The van der Waals surface area contributed by atoms with Crippen LogP contribution in [0.5, 0.6) is 5.75 Å². The summed E-state index contributed by atoms with van der Waals surface area (Å²) in [5, 5.41) is 12.5. The van der Waals surface area contributed by atoms with E-state index in [1.807, 2.05) is 36.2 Å². The lowest BCUT2D eigenvalue weighted by Crippen LogP contribution is -2.63. The van der Waals surface area contributed by atoms with Gasteiger partial charge in [-0.3, -0.25) is 19.3 Å². The number of hydrogen-bond donors (Lipinski definition) is 1. The number of aromatic hydroxyl groups is 1. The van der Waals surface area contributed by atoms with Gasteiger partial charge in [0.15, 0.2) is 23.1 Å². The van der Waals surface area contributed by atoms with Gasteiger partial charge in [0.05, 0.1) is 0 Å². The van der Waals surface area contributed by atoms with Crippen molar-refractivity contribution in [1.82, 2.24) is 9.58 Å². The summed E-state index contributed by atoms with van der Waals surface area (Å²) in [6.07, 6.45) is 2.72. The molecule has 0 spiro atoms. The summed E-state index contributed by atoms with van der Waals surface area (Å²) in [4.78, 5) is 26.9. The molecule has 2 atom stereocenters. The highest BCUT2D eigenvalue weighted by atomic mass is 19.2. The predicted octanol–water partition coefficient (Wildman–Crippen LogP) is 2.88. The minimum Gasteiger partial charge on any atom is -0.502 e. The molecular weight excluding hydrogens is 428 g/mol. The van der Waals surface area contributed by atoms with Crippen molar-refractivity contribution in [3.63, 3.8) is 0 Å². The molecule has 2 unspecified atom stereocenters. The van der Waals surface area contributed by atoms with E-state index in [2.05, 4.69) is 0 Å². The van der Waals surface area contributed by atoms with Crippen LogP contribution in [0.15, 0.2) is 53.5 Å². The fourth-order valence-corrected chi connectivity index (χ4v) is 6.04. The van der Waals surface area contributed by atoms with E-state index in [0.29, 0.717) is 24.9 Å². The van der Waals surface area contributed by atoms with E-state index in [0.717, 1.165) is 16.7 Å². The van der Waals surface area contributed by atoms with Gasteiger partial charge in [0.2, 0.25) is 5.43 Å². The maximum atomic E-state index is 14.6. The van der Waals surface area contributed by atoms with Crippen molar-refractivity contribution in [1.29, 1.82) is 0 Å². The van der Waals surface area contributed by atoms with Gasteiger partial charge in [-0.25, -0.2) is 8.78 Å². The third-order valence-corrected chi connectivity index (χ3v) is 7.41. The van der Waals surface area contributed by atoms with Crippen molar-refractivity contribution < 1.29 is 18.7 Å². The van der Waals surface area contributed by atoms with Gasteiger partial charge < -0.3 is 10.0 Å². The molecule has 168 valence electrons. The van der Waals surface area contributed by atoms with Gasteiger partial charge in [0, 0.05) is 24.7 Å². The van der Waals surface area contributed by atoms with Crippen LogP contribution >= 0.6 is 0 Å². The Hall–Kier alpha value is -3.68. The van der Waals surface area contributed by atoms with Crippen LogP contribution in [0.2, 0.25) is 0 Å². The Kier molecular flexibility index (Phi) is 4.03. The van der Waals surface area contributed by atoms with Crippen molar-refractivity contribution in [2.45, 2.75) is 25.3 Å². The number of carbonyl (C=O) groups excluding carboxylic acids is 1. The molecule has 3 aliphatic rings. The largest absolute Gasteiger partial charge is 0.502 e. The Morgan fingerprint density at radius 1 is 1.03 bits per heavy atom. The third kappa shape index (κ3) is 2.40. The third-order valence-electron chi connectivity index (χ3n) is 7.41. The number of pyridine rings is 1. The van der Waals surface area contributed by atoms with E-state index < -0.39 is 34.3 Å². The topological polar surface area (TPSA) is 65.8 Å². The van der Waals surface area contributed by atoms with Crippen LogP contribution in [0, 0.1) is 17.6 Å². The number of fused-ring (bicyclic) bond motifs is 6. The van der Waals surface area contributed by atoms with Crippen molar-refractivity contribution in [3.8, 4) is 5.75 Å². The average Bonchev–Trinajstić information content (AvgIpc) is 3.28. The molecule has 2 heterocycles. The van der Waals surface area contributed by atoms with Gasteiger partial charge in [0.25, 0.3) is 5.91 Å². The zero-order chi connectivity index (χ0) is 23.1. The van der Waals surface area contributed by atoms with E-state index in [1.165, 1.54) is 29.1 Å². The van der Waals surface area contributed by atoms with Crippen LogP contribution in [0.25, 0.3) is 0 Å². The molecule has 0 bridgehead atoms. The van der Waals surface area contributed by atoms with Gasteiger partial charge in [-0.05, 0) is 54.2 Å². The fourth-order valence-electron chi connectivity index (χ4n) is 6.04. The molecule has 0 saturated carbocycles. The van der Waals surface area contributed by atoms with Crippen LogP contribution in [0.3, 0.4) is 0 Å². The summed E-state index contributed by atoms with van der Waals surface area (Å²) in [5.74, 6) is -2.93. The molecule has 1 aliphatic heterocycles. The quantitative estimate of drug-likeness (QED) is 0.654. The molecule has 0 radical (unpaired) electrons. The van der Waals surface area contributed by atoms with E-state index in [4.69, 9.17) is 0 Å². The second-order valence-electron chi connectivity index (χ2n) is 8.88. The molecule has 8 heteroatoms. The Labute approximate surface area is 188 Å². The van der Waals surface area contributed by atoms with Crippen LogP contribution in [-0.4, -0.2) is 33.8 Å². The number of halogens is 2. The number of aromatic nitrogens is 1. The molecule has 1 N–H and O–H groups in total. The van der Waals surface area contributed by atoms with Gasteiger partial charge >= 0.3 is 0 Å². The summed E-state index contributed by atoms with van der Waals surface area (Å²) in [7, 11) is 0. The normalized spacial score (nSPS) is 22.8. The zero-order valence-electron chi connectivity index (χ0n) is 17.9. The van der Waals surface area contributed by atoms with Gasteiger partial charge in [-0.2, -0.15) is 0 Å².